The molecule has 2 amide bonds. The second-order valence-electron chi connectivity index (χ2n) is 4.44. The number of hydrogen-bond acceptors (Lipinski definition) is 4. The molecular weight excluding hydrogens is 316 g/mol. The van der Waals surface area contributed by atoms with Crippen LogP contribution in [0.1, 0.15) is 31.2 Å². The quantitative estimate of drug-likeness (QED) is 0.665. The molecule has 0 fully saturated rings. The molecule has 1 aromatic heterocycles. The zero-order chi connectivity index (χ0) is 16.1. The van der Waals surface area contributed by atoms with E-state index in [-0.39, 0.29) is 11.8 Å². The summed E-state index contributed by atoms with van der Waals surface area (Å²) in [5.41, 5.74) is 7.21. The van der Waals surface area contributed by atoms with Gasteiger partial charge in [-0.3, -0.25) is 20.4 Å². The summed E-state index contributed by atoms with van der Waals surface area (Å²) >= 11 is 2.97. The van der Waals surface area contributed by atoms with Gasteiger partial charge in [-0.05, 0) is 30.9 Å². The molecule has 0 aliphatic rings. The Kier molecular flexibility index (Phi) is 5.41. The highest BCUT2D eigenvalue weighted by Gasteiger charge is 2.18. The molecule has 1 heterocycles. The Morgan fingerprint density at radius 3 is 2.36 bits per heavy atom. The number of hydrogen-bond donors (Lipinski definition) is 2. The molecule has 0 aliphatic heterocycles. The van der Waals surface area contributed by atoms with E-state index in [1.54, 1.807) is 42.1 Å². The molecule has 4 nitrogen and oxygen atoms in total. The molecule has 0 bridgehead atoms. The van der Waals surface area contributed by atoms with Crippen molar-refractivity contribution in [3.8, 4) is 0 Å². The lowest BCUT2D eigenvalue weighted by Gasteiger charge is -2.06. The second-order valence-corrected chi connectivity index (χ2v) is 6.54. The first-order chi connectivity index (χ1) is 10.6. The van der Waals surface area contributed by atoms with Crippen LogP contribution in [0.4, 0.5) is 0 Å². The SMILES string of the molecule is C=Cc1c(SC)sc(C(=O)NNC(=O)c2ccccc2)c1C. The predicted octanol–water partition coefficient (Wildman–Crippen LogP) is 3.50. The molecule has 0 spiro atoms. The van der Waals surface area contributed by atoms with E-state index in [9.17, 15) is 9.59 Å². The van der Waals surface area contributed by atoms with Gasteiger partial charge in [0.25, 0.3) is 11.8 Å². The zero-order valence-electron chi connectivity index (χ0n) is 12.3. The molecular formula is C16H16N2O2S2. The maximum atomic E-state index is 12.2. The van der Waals surface area contributed by atoms with Gasteiger partial charge < -0.3 is 0 Å². The monoisotopic (exact) mass is 332 g/mol. The van der Waals surface area contributed by atoms with E-state index >= 15 is 0 Å². The van der Waals surface area contributed by atoms with Gasteiger partial charge in [-0.25, -0.2) is 0 Å². The van der Waals surface area contributed by atoms with Gasteiger partial charge in [0.2, 0.25) is 0 Å². The first-order valence-electron chi connectivity index (χ1n) is 6.54. The standard InChI is InChI=1S/C16H16N2O2S2/c1-4-12-10(2)13(22-16(12)21-3)15(20)18-17-14(19)11-8-6-5-7-9-11/h4-9H,1H2,2-3H3,(H,17,19)(H,18,20). The van der Waals surface area contributed by atoms with Gasteiger partial charge in [-0.2, -0.15) is 0 Å². The van der Waals surface area contributed by atoms with Gasteiger partial charge in [0.1, 0.15) is 0 Å². The van der Waals surface area contributed by atoms with E-state index in [1.165, 1.54) is 11.3 Å². The van der Waals surface area contributed by atoms with Gasteiger partial charge in [-0.1, -0.05) is 30.9 Å². The lowest BCUT2D eigenvalue weighted by Crippen LogP contribution is -2.41. The molecule has 0 aliphatic carbocycles. The van der Waals surface area contributed by atoms with Crippen molar-refractivity contribution in [2.45, 2.75) is 11.1 Å². The third-order valence-corrected chi connectivity index (χ3v) is 5.52. The maximum Gasteiger partial charge on any atom is 0.280 e. The lowest BCUT2D eigenvalue weighted by molar-refractivity contribution is 0.0848. The summed E-state index contributed by atoms with van der Waals surface area (Å²) in [6.45, 7) is 5.65. The highest BCUT2D eigenvalue weighted by molar-refractivity contribution is 8.00. The van der Waals surface area contributed by atoms with Crippen LogP contribution in [0.25, 0.3) is 6.08 Å². The van der Waals surface area contributed by atoms with Crippen molar-refractivity contribution in [1.82, 2.24) is 10.9 Å². The summed E-state index contributed by atoms with van der Waals surface area (Å²) in [5, 5.41) is 0. The van der Waals surface area contributed by atoms with Crippen LogP contribution in [0.15, 0.2) is 41.1 Å². The minimum atomic E-state index is -0.350. The number of benzene rings is 1. The van der Waals surface area contributed by atoms with Crippen molar-refractivity contribution >= 4 is 41.0 Å². The Morgan fingerprint density at radius 1 is 1.18 bits per heavy atom. The summed E-state index contributed by atoms with van der Waals surface area (Å²) in [6.07, 6.45) is 3.70. The Hall–Kier alpha value is -2.05. The van der Waals surface area contributed by atoms with Crippen LogP contribution in [0, 0.1) is 6.92 Å². The molecule has 0 unspecified atom stereocenters. The van der Waals surface area contributed by atoms with E-state index in [2.05, 4.69) is 17.4 Å². The van der Waals surface area contributed by atoms with Crippen LogP contribution in [0.3, 0.4) is 0 Å². The number of carbonyl (C=O) groups is 2. The molecule has 2 N–H and O–H groups in total. The van der Waals surface area contributed by atoms with Crippen LogP contribution in [0.5, 0.6) is 0 Å². The lowest BCUT2D eigenvalue weighted by atomic mass is 10.1. The normalized spacial score (nSPS) is 10.1. The topological polar surface area (TPSA) is 58.2 Å². The minimum Gasteiger partial charge on any atom is -0.267 e. The van der Waals surface area contributed by atoms with E-state index in [1.807, 2.05) is 19.2 Å². The Bertz CT molecular complexity index is 708. The molecule has 6 heteroatoms. The molecule has 0 atom stereocenters. The first-order valence-corrected chi connectivity index (χ1v) is 8.58. The fourth-order valence-electron chi connectivity index (χ4n) is 1.94. The smallest absolute Gasteiger partial charge is 0.267 e. The van der Waals surface area contributed by atoms with Gasteiger partial charge in [0.05, 0.1) is 9.09 Å². The molecule has 1 aromatic carbocycles. The number of rotatable bonds is 4. The molecule has 0 saturated heterocycles. The third kappa shape index (κ3) is 3.40. The molecule has 2 rings (SSSR count). The number of amides is 2. The van der Waals surface area contributed by atoms with Gasteiger partial charge in [0.15, 0.2) is 0 Å². The average molecular weight is 332 g/mol. The Labute approximate surface area is 137 Å². The van der Waals surface area contributed by atoms with Crippen LogP contribution in [-0.4, -0.2) is 18.1 Å². The summed E-state index contributed by atoms with van der Waals surface area (Å²) in [7, 11) is 0. The van der Waals surface area contributed by atoms with Gasteiger partial charge >= 0.3 is 0 Å². The Morgan fingerprint density at radius 2 is 1.82 bits per heavy atom. The van der Waals surface area contributed by atoms with Crippen molar-refractivity contribution in [1.29, 1.82) is 0 Å². The van der Waals surface area contributed by atoms with Crippen molar-refractivity contribution in [3.05, 3.63) is 58.5 Å². The van der Waals surface area contributed by atoms with Crippen molar-refractivity contribution < 1.29 is 9.59 Å². The van der Waals surface area contributed by atoms with E-state index in [0.29, 0.717) is 10.4 Å². The second kappa shape index (κ2) is 7.29. The number of thioether (sulfide) groups is 1. The summed E-state index contributed by atoms with van der Waals surface area (Å²) in [4.78, 5) is 24.7. The van der Waals surface area contributed by atoms with Crippen LogP contribution < -0.4 is 10.9 Å². The van der Waals surface area contributed by atoms with Crippen LogP contribution in [-0.2, 0) is 0 Å². The summed E-state index contributed by atoms with van der Waals surface area (Å²) in [6, 6.07) is 8.71. The largest absolute Gasteiger partial charge is 0.280 e. The molecule has 0 saturated carbocycles. The van der Waals surface area contributed by atoms with Crippen LogP contribution in [0.2, 0.25) is 0 Å². The molecule has 114 valence electrons. The van der Waals surface area contributed by atoms with Crippen molar-refractivity contribution in [2.75, 3.05) is 6.26 Å². The van der Waals surface area contributed by atoms with Gasteiger partial charge in [0, 0.05) is 11.1 Å². The van der Waals surface area contributed by atoms with E-state index in [0.717, 1.165) is 15.3 Å². The predicted molar refractivity (Wildman–Crippen MR) is 92.3 cm³/mol. The number of hydrazine groups is 1. The van der Waals surface area contributed by atoms with Crippen LogP contribution >= 0.6 is 23.1 Å². The first kappa shape index (κ1) is 16.3. The van der Waals surface area contributed by atoms with E-state index < -0.39 is 0 Å². The average Bonchev–Trinajstić information content (AvgIpc) is 2.88. The highest BCUT2D eigenvalue weighted by Crippen LogP contribution is 2.35. The fourth-order valence-corrected chi connectivity index (χ4v) is 3.91. The Balaban J connectivity index is 2.09. The minimum absolute atomic E-state index is 0.324. The molecule has 0 radical (unpaired) electrons. The zero-order valence-corrected chi connectivity index (χ0v) is 13.9. The van der Waals surface area contributed by atoms with Crippen molar-refractivity contribution in [2.24, 2.45) is 0 Å². The summed E-state index contributed by atoms with van der Waals surface area (Å²) in [5.74, 6) is -0.674. The molecule has 22 heavy (non-hydrogen) atoms. The number of nitrogens with one attached hydrogen (secondary N) is 2. The highest BCUT2D eigenvalue weighted by atomic mass is 32.2. The third-order valence-electron chi connectivity index (χ3n) is 3.08. The summed E-state index contributed by atoms with van der Waals surface area (Å²) < 4.78 is 1.03. The maximum absolute atomic E-state index is 12.2. The molecule has 2 aromatic rings. The van der Waals surface area contributed by atoms with Gasteiger partial charge in [-0.15, -0.1) is 23.1 Å². The van der Waals surface area contributed by atoms with E-state index in [4.69, 9.17) is 0 Å². The van der Waals surface area contributed by atoms with Crippen molar-refractivity contribution in [3.63, 3.8) is 0 Å². The fraction of sp³-hybridized carbons (Fsp3) is 0.125. The number of carbonyl (C=O) groups excluding carboxylic acids is 2. The number of thiophene rings is 1.